The summed E-state index contributed by atoms with van der Waals surface area (Å²) >= 11 is 0. The largest absolute Gasteiger partial charge is 0.756 e. The average Bonchev–Trinajstić information content (AvgIpc) is 3.42. The zero-order valence-corrected chi connectivity index (χ0v) is 54.2. The monoisotopic (exact) mass is 1140 g/mol. The van der Waals surface area contributed by atoms with E-state index in [1.54, 1.807) is 0 Å². The topological polar surface area (TPSA) is 108 Å². The van der Waals surface area contributed by atoms with Gasteiger partial charge >= 0.3 is 0 Å². The van der Waals surface area contributed by atoms with Crippen LogP contribution in [0.4, 0.5) is 0 Å². The maximum absolute atomic E-state index is 13.0. The Morgan fingerprint density at radius 1 is 0.450 bits per heavy atom. The number of quaternary nitrogens is 1. The van der Waals surface area contributed by atoms with Crippen LogP contribution in [-0.2, 0) is 18.4 Å². The molecular weight excluding hydrogens is 1010 g/mol. The van der Waals surface area contributed by atoms with Gasteiger partial charge in [0, 0.05) is 6.42 Å². The molecule has 0 aliphatic carbocycles. The number of carbonyl (C=O) groups excluding carboxylic acids is 1. The second kappa shape index (κ2) is 61.2. The van der Waals surface area contributed by atoms with Crippen LogP contribution < -0.4 is 10.2 Å². The minimum atomic E-state index is -4.59. The van der Waals surface area contributed by atoms with Crippen LogP contribution >= 0.6 is 7.82 Å². The van der Waals surface area contributed by atoms with Crippen LogP contribution in [0, 0.1) is 0 Å². The molecule has 1 amide bonds. The number of hydrogen-bond acceptors (Lipinski definition) is 6. The highest BCUT2D eigenvalue weighted by Crippen LogP contribution is 2.38. The van der Waals surface area contributed by atoms with E-state index in [0.717, 1.165) is 103 Å². The summed E-state index contributed by atoms with van der Waals surface area (Å²) in [5, 5.41) is 14.1. The molecule has 8 nitrogen and oxygen atoms in total. The number of nitrogens with zero attached hydrogens (tertiary/aromatic N) is 1. The van der Waals surface area contributed by atoms with Crippen molar-refractivity contribution < 1.29 is 32.9 Å². The number of aliphatic hydroxyl groups excluding tert-OH is 1. The van der Waals surface area contributed by atoms with Gasteiger partial charge in [0.05, 0.1) is 39.9 Å². The molecule has 0 radical (unpaired) electrons. The first-order chi connectivity index (χ1) is 39.0. The molecule has 0 heterocycles. The van der Waals surface area contributed by atoms with Gasteiger partial charge in [0.15, 0.2) is 0 Å². The molecule has 2 N–H and O–H groups in total. The molecule has 466 valence electrons. The first-order valence-electron chi connectivity index (χ1n) is 33.9. The van der Waals surface area contributed by atoms with Crippen molar-refractivity contribution in [2.24, 2.45) is 0 Å². The lowest BCUT2D eigenvalue weighted by atomic mass is 10.0. The van der Waals surface area contributed by atoms with E-state index in [2.05, 4.69) is 104 Å². The van der Waals surface area contributed by atoms with E-state index in [0.29, 0.717) is 23.9 Å². The van der Waals surface area contributed by atoms with Gasteiger partial charge in [-0.15, -0.1) is 0 Å². The van der Waals surface area contributed by atoms with E-state index in [-0.39, 0.29) is 19.1 Å². The first kappa shape index (κ1) is 77.7. The number of hydrogen-bond donors (Lipinski definition) is 2. The Morgan fingerprint density at radius 2 is 0.762 bits per heavy atom. The van der Waals surface area contributed by atoms with E-state index in [1.165, 1.54) is 180 Å². The molecule has 3 atom stereocenters. The lowest BCUT2D eigenvalue weighted by Crippen LogP contribution is -2.46. The van der Waals surface area contributed by atoms with Crippen molar-refractivity contribution in [3.05, 3.63) is 85.1 Å². The second-order valence-electron chi connectivity index (χ2n) is 24.2. The third-order valence-electron chi connectivity index (χ3n) is 15.1. The Bertz CT molecular complexity index is 1580. The molecule has 0 bridgehead atoms. The van der Waals surface area contributed by atoms with E-state index in [4.69, 9.17) is 9.05 Å². The fraction of sp³-hybridized carbons (Fsp3) is 0.789. The summed E-state index contributed by atoms with van der Waals surface area (Å²) in [6, 6.07) is -0.819. The number of rotatable bonds is 62. The zero-order valence-electron chi connectivity index (χ0n) is 53.3. The lowest BCUT2D eigenvalue weighted by molar-refractivity contribution is -0.870. The highest BCUT2D eigenvalue weighted by Gasteiger charge is 2.24. The second-order valence-corrected chi connectivity index (χ2v) is 25.6. The fourth-order valence-electron chi connectivity index (χ4n) is 9.91. The van der Waals surface area contributed by atoms with Crippen molar-refractivity contribution in [3.63, 3.8) is 0 Å². The number of nitrogens with one attached hydrogen (secondary N) is 1. The molecule has 9 heteroatoms. The number of phosphoric ester groups is 1. The van der Waals surface area contributed by atoms with Crippen LogP contribution in [-0.4, -0.2) is 68.5 Å². The van der Waals surface area contributed by atoms with Gasteiger partial charge in [-0.05, 0) is 70.6 Å². The molecule has 0 saturated heterocycles. The molecule has 0 aliphatic heterocycles. The average molecular weight is 1140 g/mol. The minimum Gasteiger partial charge on any atom is -0.756 e. The third kappa shape index (κ3) is 63.3. The van der Waals surface area contributed by atoms with Crippen LogP contribution in [0.15, 0.2) is 85.1 Å². The summed E-state index contributed by atoms with van der Waals surface area (Å²) in [6.45, 7) is 4.62. The highest BCUT2D eigenvalue weighted by atomic mass is 31.2. The molecule has 0 aromatic heterocycles. The number of phosphoric acid groups is 1. The van der Waals surface area contributed by atoms with Crippen LogP contribution in [0.2, 0.25) is 0 Å². The molecular formula is C71H131N2O6P. The predicted octanol–water partition coefficient (Wildman–Crippen LogP) is 20.9. The Kier molecular flexibility index (Phi) is 59.5. The first-order valence-corrected chi connectivity index (χ1v) is 35.4. The summed E-state index contributed by atoms with van der Waals surface area (Å²) in [6.07, 6.45) is 86.5. The molecule has 80 heavy (non-hydrogen) atoms. The summed E-state index contributed by atoms with van der Waals surface area (Å²) in [7, 11) is 1.29. The molecule has 0 aromatic carbocycles. The lowest BCUT2D eigenvalue weighted by Gasteiger charge is -2.30. The van der Waals surface area contributed by atoms with Crippen molar-refractivity contribution in [1.29, 1.82) is 0 Å². The van der Waals surface area contributed by atoms with Crippen molar-refractivity contribution in [2.75, 3.05) is 40.9 Å². The number of aliphatic hydroxyl groups is 1. The van der Waals surface area contributed by atoms with Crippen molar-refractivity contribution in [2.45, 2.75) is 321 Å². The number of allylic oxidation sites excluding steroid dienone is 14. The van der Waals surface area contributed by atoms with Gasteiger partial charge in [0.2, 0.25) is 5.91 Å². The predicted molar refractivity (Wildman–Crippen MR) is 348 cm³/mol. The van der Waals surface area contributed by atoms with Gasteiger partial charge in [-0.3, -0.25) is 9.36 Å². The molecule has 0 aliphatic rings. The van der Waals surface area contributed by atoms with Crippen LogP contribution in [0.1, 0.15) is 309 Å². The van der Waals surface area contributed by atoms with E-state index in [1.807, 2.05) is 21.1 Å². The van der Waals surface area contributed by atoms with Crippen LogP contribution in [0.25, 0.3) is 0 Å². The summed E-state index contributed by atoms with van der Waals surface area (Å²) in [5.41, 5.74) is 0. The van der Waals surface area contributed by atoms with Crippen molar-refractivity contribution in [1.82, 2.24) is 5.32 Å². The van der Waals surface area contributed by atoms with Gasteiger partial charge in [-0.25, -0.2) is 0 Å². The Hall–Kier alpha value is -2.32. The quantitative estimate of drug-likeness (QED) is 0.0272. The van der Waals surface area contributed by atoms with Crippen LogP contribution in [0.5, 0.6) is 0 Å². The fourth-order valence-corrected chi connectivity index (χ4v) is 10.6. The van der Waals surface area contributed by atoms with Crippen LogP contribution in [0.3, 0.4) is 0 Å². The van der Waals surface area contributed by atoms with Gasteiger partial charge < -0.3 is 28.8 Å². The Balaban J connectivity index is 4.11. The number of carbonyl (C=O) groups is 1. The summed E-state index contributed by atoms with van der Waals surface area (Å²) < 4.78 is 23.5. The zero-order chi connectivity index (χ0) is 58.4. The van der Waals surface area contributed by atoms with Crippen molar-refractivity contribution in [3.8, 4) is 0 Å². The van der Waals surface area contributed by atoms with E-state index >= 15 is 0 Å². The molecule has 0 rings (SSSR count). The molecule has 0 saturated carbocycles. The maximum atomic E-state index is 13.0. The SMILES string of the molecule is CC/C=C\C/C=C\C/C=C\C/C=C\C/C=C\C/C=C\C/C=C\CCCCCCCC(=O)NC(COP(=O)([O-])OCC[N+](C)(C)C)C(O)CCCCCCCCCCCCCCCCCCCCCCCCCCCCCCCCC. The van der Waals surface area contributed by atoms with Crippen molar-refractivity contribution >= 4 is 13.7 Å². The normalized spacial score (nSPS) is 14.2. The summed E-state index contributed by atoms with van der Waals surface area (Å²) in [4.78, 5) is 25.6. The number of amides is 1. The smallest absolute Gasteiger partial charge is 0.268 e. The van der Waals surface area contributed by atoms with Gasteiger partial charge in [0.1, 0.15) is 13.2 Å². The third-order valence-corrected chi connectivity index (χ3v) is 16.1. The maximum Gasteiger partial charge on any atom is 0.268 e. The molecule has 0 spiro atoms. The van der Waals surface area contributed by atoms with Gasteiger partial charge in [-0.2, -0.15) is 0 Å². The van der Waals surface area contributed by atoms with Gasteiger partial charge in [-0.1, -0.05) is 317 Å². The number of unbranched alkanes of at least 4 members (excludes halogenated alkanes) is 35. The summed E-state index contributed by atoms with van der Waals surface area (Å²) in [5.74, 6) is -0.183. The molecule has 3 unspecified atom stereocenters. The van der Waals surface area contributed by atoms with E-state index < -0.39 is 20.0 Å². The standard InChI is InChI=1S/C71H131N2O6P/c1-6-8-10-12-14-16-18-20-22-24-26-28-30-32-34-35-36-37-39-40-42-44-46-48-50-52-54-56-58-60-62-64-70(74)69(68-79-80(76,77)78-67-66-73(3,4)5)72-71(75)65-63-61-59-57-55-53-51-49-47-45-43-41-38-33-31-29-27-25-23-21-19-17-15-13-11-9-7-2/h9,11,15,17,21,23,27,29,33,38,43,45,49,51,69-70,74H,6-8,10,12-14,16,18-20,22,24-26,28,30-32,34-37,39-42,44,46-48,50,52-68H2,1-5H3,(H-,72,75,76,77)/b11-9-,17-15-,23-21-,29-27-,38-33-,45-43-,51-49-. The highest BCUT2D eigenvalue weighted by molar-refractivity contribution is 7.45. The van der Waals surface area contributed by atoms with E-state index in [9.17, 15) is 19.4 Å². The molecule has 0 fully saturated rings. The Labute approximate surface area is 497 Å². The minimum absolute atomic E-state index is 0.00412. The van der Waals surface area contributed by atoms with Gasteiger partial charge in [0.25, 0.3) is 7.82 Å². The Morgan fingerprint density at radius 3 is 1.11 bits per heavy atom. The number of likely N-dealkylation sites (N-methyl/N-ethyl adjacent to an activating group) is 1. The molecule has 0 aromatic rings.